The molecule has 1 heterocycles. The number of amides is 1. The summed E-state index contributed by atoms with van der Waals surface area (Å²) in [5.41, 5.74) is 3.28. The zero-order valence-electron chi connectivity index (χ0n) is 16.1. The molecule has 1 saturated heterocycles. The second-order valence-corrected chi connectivity index (χ2v) is 7.16. The van der Waals surface area contributed by atoms with Crippen LogP contribution in [0.4, 0.5) is 11.4 Å². The van der Waals surface area contributed by atoms with Crippen LogP contribution in [0, 0.1) is 6.92 Å². The molecular formula is C21H26ClN3O2. The molecule has 0 aromatic heterocycles. The van der Waals surface area contributed by atoms with Crippen LogP contribution >= 0.6 is 11.6 Å². The molecule has 144 valence electrons. The summed E-state index contributed by atoms with van der Waals surface area (Å²) >= 11 is 6.20. The minimum Gasteiger partial charge on any atom is -0.496 e. The van der Waals surface area contributed by atoms with Crippen LogP contribution in [0.2, 0.25) is 5.02 Å². The van der Waals surface area contributed by atoms with Crippen LogP contribution in [0.25, 0.3) is 0 Å². The van der Waals surface area contributed by atoms with Gasteiger partial charge in [-0.25, -0.2) is 0 Å². The molecule has 1 fully saturated rings. The van der Waals surface area contributed by atoms with Crippen molar-refractivity contribution in [2.24, 2.45) is 0 Å². The van der Waals surface area contributed by atoms with E-state index in [9.17, 15) is 4.79 Å². The number of rotatable bonds is 5. The Labute approximate surface area is 165 Å². The van der Waals surface area contributed by atoms with Gasteiger partial charge in [-0.15, -0.1) is 0 Å². The number of ether oxygens (including phenoxy) is 1. The van der Waals surface area contributed by atoms with Gasteiger partial charge in [0.15, 0.2) is 0 Å². The van der Waals surface area contributed by atoms with Crippen molar-refractivity contribution in [2.75, 3.05) is 50.1 Å². The third-order valence-corrected chi connectivity index (χ3v) is 5.27. The molecule has 2 aromatic rings. The first-order valence-corrected chi connectivity index (χ1v) is 9.62. The second kappa shape index (κ2) is 8.63. The van der Waals surface area contributed by atoms with E-state index in [0.717, 1.165) is 49.7 Å². The fourth-order valence-corrected chi connectivity index (χ4v) is 3.52. The molecule has 1 aliphatic rings. The third-order valence-electron chi connectivity index (χ3n) is 5.04. The number of hydrogen-bond donors (Lipinski definition) is 1. The molecule has 0 atom stereocenters. The molecule has 27 heavy (non-hydrogen) atoms. The van der Waals surface area contributed by atoms with E-state index in [2.05, 4.69) is 22.0 Å². The topological polar surface area (TPSA) is 44.8 Å². The number of hydrogen-bond acceptors (Lipinski definition) is 4. The van der Waals surface area contributed by atoms with E-state index in [1.165, 1.54) is 0 Å². The largest absolute Gasteiger partial charge is 0.496 e. The molecule has 0 spiro atoms. The Morgan fingerprint density at radius 2 is 1.89 bits per heavy atom. The average molecular weight is 388 g/mol. The number of anilines is 2. The van der Waals surface area contributed by atoms with Crippen molar-refractivity contribution in [3.8, 4) is 5.75 Å². The van der Waals surface area contributed by atoms with E-state index >= 15 is 0 Å². The highest BCUT2D eigenvalue weighted by molar-refractivity contribution is 6.31. The molecule has 5 nitrogen and oxygen atoms in total. The lowest BCUT2D eigenvalue weighted by Gasteiger charge is -2.36. The maximum Gasteiger partial charge on any atom is 0.255 e. The fraction of sp³-hybridized carbons (Fsp3) is 0.381. The summed E-state index contributed by atoms with van der Waals surface area (Å²) in [6.07, 6.45) is 0. The Morgan fingerprint density at radius 3 is 2.56 bits per heavy atom. The monoisotopic (exact) mass is 387 g/mol. The van der Waals surface area contributed by atoms with Gasteiger partial charge in [-0.1, -0.05) is 24.6 Å². The highest BCUT2D eigenvalue weighted by Gasteiger charge is 2.20. The normalized spacial score (nSPS) is 14.9. The van der Waals surface area contributed by atoms with Crippen molar-refractivity contribution < 1.29 is 9.53 Å². The fourth-order valence-electron chi connectivity index (χ4n) is 3.34. The van der Waals surface area contributed by atoms with Gasteiger partial charge in [-0.2, -0.15) is 0 Å². The van der Waals surface area contributed by atoms with E-state index in [-0.39, 0.29) is 5.91 Å². The average Bonchev–Trinajstić information content (AvgIpc) is 2.68. The third kappa shape index (κ3) is 4.54. The van der Waals surface area contributed by atoms with E-state index in [0.29, 0.717) is 16.3 Å². The minimum absolute atomic E-state index is 0.177. The van der Waals surface area contributed by atoms with Gasteiger partial charge in [0.2, 0.25) is 0 Å². The number of carbonyl (C=O) groups is 1. The summed E-state index contributed by atoms with van der Waals surface area (Å²) in [5.74, 6) is 0.522. The van der Waals surface area contributed by atoms with Crippen LogP contribution in [0.5, 0.6) is 5.75 Å². The summed E-state index contributed by atoms with van der Waals surface area (Å²) in [6, 6.07) is 11.1. The Kier molecular flexibility index (Phi) is 6.24. The van der Waals surface area contributed by atoms with E-state index in [1.807, 2.05) is 31.2 Å². The van der Waals surface area contributed by atoms with Gasteiger partial charge < -0.3 is 19.9 Å². The molecular weight excluding hydrogens is 362 g/mol. The van der Waals surface area contributed by atoms with Crippen LogP contribution in [0.3, 0.4) is 0 Å². The lowest BCUT2D eigenvalue weighted by atomic mass is 10.1. The molecule has 1 aliphatic heterocycles. The van der Waals surface area contributed by atoms with Crippen molar-refractivity contribution >= 4 is 28.9 Å². The van der Waals surface area contributed by atoms with Crippen molar-refractivity contribution in [3.63, 3.8) is 0 Å². The summed E-state index contributed by atoms with van der Waals surface area (Å²) in [6.45, 7) is 9.08. The maximum atomic E-state index is 12.8. The van der Waals surface area contributed by atoms with Crippen LogP contribution in [0.15, 0.2) is 36.4 Å². The lowest BCUT2D eigenvalue weighted by molar-refractivity contribution is 0.102. The number of piperazine rings is 1. The van der Waals surface area contributed by atoms with Crippen molar-refractivity contribution in [2.45, 2.75) is 13.8 Å². The van der Waals surface area contributed by atoms with Crippen LogP contribution in [0.1, 0.15) is 22.8 Å². The molecule has 1 amide bonds. The molecule has 6 heteroatoms. The zero-order valence-corrected chi connectivity index (χ0v) is 16.8. The first-order chi connectivity index (χ1) is 13.0. The molecule has 3 rings (SSSR count). The first kappa shape index (κ1) is 19.5. The maximum absolute atomic E-state index is 12.8. The van der Waals surface area contributed by atoms with Gasteiger partial charge in [0, 0.05) is 36.8 Å². The Balaban J connectivity index is 1.82. The van der Waals surface area contributed by atoms with Crippen molar-refractivity contribution in [1.29, 1.82) is 0 Å². The Bertz CT molecular complexity index is 817. The molecule has 1 N–H and O–H groups in total. The van der Waals surface area contributed by atoms with Crippen molar-refractivity contribution in [3.05, 3.63) is 52.5 Å². The van der Waals surface area contributed by atoms with Gasteiger partial charge in [0.05, 0.1) is 18.5 Å². The number of aryl methyl sites for hydroxylation is 1. The van der Waals surface area contributed by atoms with Gasteiger partial charge in [-0.05, 0) is 49.4 Å². The standard InChI is InChI=1S/C21H26ClN3O2/c1-4-24-9-11-25(12-10-24)19-8-7-17(22)14-18(19)23-21(26)16-6-5-15(2)20(13-16)27-3/h5-8,13-14H,4,9-12H2,1-3H3,(H,23,26). The number of nitrogens with one attached hydrogen (secondary N) is 1. The number of nitrogens with zero attached hydrogens (tertiary/aromatic N) is 2. The number of carbonyl (C=O) groups excluding carboxylic acids is 1. The minimum atomic E-state index is -0.177. The first-order valence-electron chi connectivity index (χ1n) is 9.24. The number of halogens is 1. The van der Waals surface area contributed by atoms with Crippen molar-refractivity contribution in [1.82, 2.24) is 4.90 Å². The van der Waals surface area contributed by atoms with Gasteiger partial charge in [0.1, 0.15) is 5.75 Å². The molecule has 0 aliphatic carbocycles. The predicted molar refractivity (Wildman–Crippen MR) is 111 cm³/mol. The molecule has 0 radical (unpaired) electrons. The SMILES string of the molecule is CCN1CCN(c2ccc(Cl)cc2NC(=O)c2ccc(C)c(OC)c2)CC1. The molecule has 0 bridgehead atoms. The van der Waals surface area contributed by atoms with Crippen LogP contribution < -0.4 is 15.0 Å². The highest BCUT2D eigenvalue weighted by atomic mass is 35.5. The molecule has 0 unspecified atom stereocenters. The summed E-state index contributed by atoms with van der Waals surface area (Å²) < 4.78 is 5.33. The summed E-state index contributed by atoms with van der Waals surface area (Å²) in [4.78, 5) is 17.5. The van der Waals surface area contributed by atoms with Gasteiger partial charge in [-0.3, -0.25) is 4.79 Å². The predicted octanol–water partition coefficient (Wildman–Crippen LogP) is 4.05. The summed E-state index contributed by atoms with van der Waals surface area (Å²) in [5, 5.41) is 3.63. The smallest absolute Gasteiger partial charge is 0.255 e. The highest BCUT2D eigenvalue weighted by Crippen LogP contribution is 2.31. The number of benzene rings is 2. The second-order valence-electron chi connectivity index (χ2n) is 6.72. The van der Waals surface area contributed by atoms with E-state index in [1.54, 1.807) is 19.2 Å². The summed E-state index contributed by atoms with van der Waals surface area (Å²) in [7, 11) is 1.61. The Morgan fingerprint density at radius 1 is 1.15 bits per heavy atom. The number of likely N-dealkylation sites (N-methyl/N-ethyl adjacent to an activating group) is 1. The number of methoxy groups -OCH3 is 1. The van der Waals surface area contributed by atoms with Gasteiger partial charge in [0.25, 0.3) is 5.91 Å². The van der Waals surface area contributed by atoms with Gasteiger partial charge >= 0.3 is 0 Å². The van der Waals surface area contributed by atoms with Crippen LogP contribution in [-0.2, 0) is 0 Å². The lowest BCUT2D eigenvalue weighted by Crippen LogP contribution is -2.46. The van der Waals surface area contributed by atoms with Crippen LogP contribution in [-0.4, -0.2) is 50.6 Å². The quantitative estimate of drug-likeness (QED) is 0.840. The zero-order chi connectivity index (χ0) is 19.4. The molecule has 0 saturated carbocycles. The van der Waals surface area contributed by atoms with E-state index < -0.39 is 0 Å². The molecule has 2 aromatic carbocycles. The Hall–Kier alpha value is -2.24. The van der Waals surface area contributed by atoms with E-state index in [4.69, 9.17) is 16.3 Å².